The van der Waals surface area contributed by atoms with Gasteiger partial charge in [-0.3, -0.25) is 18.9 Å². The molecule has 3 aliphatic heterocycles. The Balaban J connectivity index is 1.42. The van der Waals surface area contributed by atoms with E-state index in [1.807, 2.05) is 27.7 Å². The van der Waals surface area contributed by atoms with E-state index in [1.165, 1.54) is 0 Å². The minimum Gasteiger partial charge on any atom is -0.350 e. The first-order valence-corrected chi connectivity index (χ1v) is 12.2. The van der Waals surface area contributed by atoms with Crippen molar-refractivity contribution < 1.29 is 4.79 Å². The van der Waals surface area contributed by atoms with Gasteiger partial charge in [0, 0.05) is 55.6 Å². The maximum Gasteiger partial charge on any atom is 0.330 e. The highest BCUT2D eigenvalue weighted by atomic mass is 79.9. The van der Waals surface area contributed by atoms with E-state index in [-0.39, 0.29) is 29.1 Å². The first kappa shape index (κ1) is 22.1. The lowest BCUT2D eigenvalue weighted by Crippen LogP contribution is -2.64. The summed E-state index contributed by atoms with van der Waals surface area (Å²) in [6.45, 7) is 8.43. The third-order valence-corrected chi connectivity index (χ3v) is 7.07. The summed E-state index contributed by atoms with van der Waals surface area (Å²) >= 11 is 3.41. The van der Waals surface area contributed by atoms with E-state index in [9.17, 15) is 9.59 Å². The van der Waals surface area contributed by atoms with Crippen LogP contribution in [0.4, 0.5) is 5.82 Å². The SMILES string of the molecule is Cn1c(=O)n(CC(C)(C)C)c2ccc(N3CC4CCC3CN4C(=O)c3cncc(Br)c3)nc21. The largest absolute Gasteiger partial charge is 0.350 e. The molecule has 0 radical (unpaired) electrons. The van der Waals surface area contributed by atoms with Crippen LogP contribution in [0, 0.1) is 5.41 Å². The number of imidazole rings is 1. The number of anilines is 1. The van der Waals surface area contributed by atoms with Gasteiger partial charge in [-0.1, -0.05) is 20.8 Å². The highest BCUT2D eigenvalue weighted by Gasteiger charge is 2.42. The van der Waals surface area contributed by atoms with Crippen LogP contribution >= 0.6 is 15.9 Å². The van der Waals surface area contributed by atoms with E-state index >= 15 is 0 Å². The summed E-state index contributed by atoms with van der Waals surface area (Å²) < 4.78 is 4.27. The molecule has 1 amide bonds. The van der Waals surface area contributed by atoms with E-state index in [2.05, 4.69) is 46.6 Å². The summed E-state index contributed by atoms with van der Waals surface area (Å²) in [6, 6.07) is 6.20. The molecule has 3 saturated heterocycles. The molecule has 0 aliphatic carbocycles. The van der Waals surface area contributed by atoms with E-state index < -0.39 is 0 Å². The van der Waals surface area contributed by atoms with Crippen LogP contribution in [0.1, 0.15) is 44.0 Å². The Morgan fingerprint density at radius 3 is 2.58 bits per heavy atom. The lowest BCUT2D eigenvalue weighted by Gasteiger charge is -2.52. The molecule has 0 aromatic carbocycles. The summed E-state index contributed by atoms with van der Waals surface area (Å²) in [7, 11) is 1.79. The first-order chi connectivity index (χ1) is 15.6. The standard InChI is InChI=1S/C24H29BrN6O2/c1-24(2,3)14-31-19-7-8-20(27-21(19)28(4)23(31)33)29-12-18-6-5-17(29)13-30(18)22(32)15-9-16(25)11-26-10-15/h7-11,17-18H,5-6,12-14H2,1-4H3. The lowest BCUT2D eigenvalue weighted by molar-refractivity contribution is 0.0504. The Bertz CT molecular complexity index is 1290. The van der Waals surface area contributed by atoms with Crippen molar-refractivity contribution in [3.63, 3.8) is 0 Å². The molecule has 9 heteroatoms. The van der Waals surface area contributed by atoms with Gasteiger partial charge in [-0.2, -0.15) is 0 Å². The minimum atomic E-state index is -0.0378. The number of nitrogens with zero attached hydrogens (tertiary/aromatic N) is 6. The molecular weight excluding hydrogens is 484 g/mol. The van der Waals surface area contributed by atoms with E-state index in [0.717, 1.165) is 35.2 Å². The van der Waals surface area contributed by atoms with Crippen LogP contribution in [0.2, 0.25) is 0 Å². The number of aryl methyl sites for hydroxylation is 1. The molecular formula is C24H29BrN6O2. The molecule has 3 aromatic rings. The number of halogens is 1. The van der Waals surface area contributed by atoms with Crippen LogP contribution < -0.4 is 10.6 Å². The maximum atomic E-state index is 13.1. The van der Waals surface area contributed by atoms with Crippen molar-refractivity contribution in [2.75, 3.05) is 18.0 Å². The average Bonchev–Trinajstić information content (AvgIpc) is 3.02. The van der Waals surface area contributed by atoms with Crippen LogP contribution in [0.15, 0.2) is 39.9 Å². The number of pyridine rings is 2. The first-order valence-electron chi connectivity index (χ1n) is 11.4. The summed E-state index contributed by atoms with van der Waals surface area (Å²) in [5, 5.41) is 0. The smallest absolute Gasteiger partial charge is 0.330 e. The molecule has 2 bridgehead atoms. The molecule has 8 nitrogen and oxygen atoms in total. The topological polar surface area (TPSA) is 76.3 Å². The van der Waals surface area contributed by atoms with Crippen molar-refractivity contribution in [2.24, 2.45) is 12.5 Å². The Labute approximate surface area is 201 Å². The average molecular weight is 513 g/mol. The van der Waals surface area contributed by atoms with Gasteiger partial charge >= 0.3 is 5.69 Å². The van der Waals surface area contributed by atoms with Crippen LogP contribution in [0.5, 0.6) is 0 Å². The van der Waals surface area contributed by atoms with Crippen molar-refractivity contribution in [1.82, 2.24) is 24.0 Å². The second-order valence-electron chi connectivity index (χ2n) is 10.4. The van der Waals surface area contributed by atoms with Crippen molar-refractivity contribution in [3.05, 3.63) is 51.1 Å². The fourth-order valence-corrected chi connectivity index (χ4v) is 5.47. The van der Waals surface area contributed by atoms with Gasteiger partial charge in [0.15, 0.2) is 5.65 Å². The summed E-state index contributed by atoms with van der Waals surface area (Å²) in [5.74, 6) is 0.903. The third-order valence-electron chi connectivity index (χ3n) is 6.64. The summed E-state index contributed by atoms with van der Waals surface area (Å²) in [4.78, 5) is 39.4. The predicted molar refractivity (Wildman–Crippen MR) is 132 cm³/mol. The molecule has 2 atom stereocenters. The molecule has 3 fully saturated rings. The number of piperidine rings is 2. The fraction of sp³-hybridized carbons (Fsp3) is 0.500. The Kier molecular flexibility index (Phi) is 5.34. The zero-order valence-electron chi connectivity index (χ0n) is 19.5. The molecule has 3 aromatic heterocycles. The highest BCUT2D eigenvalue weighted by Crippen LogP contribution is 2.33. The van der Waals surface area contributed by atoms with Gasteiger partial charge in [0.05, 0.1) is 11.1 Å². The van der Waals surface area contributed by atoms with Crippen LogP contribution in [0.25, 0.3) is 11.2 Å². The molecule has 6 rings (SSSR count). The number of hydrogen-bond acceptors (Lipinski definition) is 5. The second-order valence-corrected chi connectivity index (χ2v) is 11.3. The quantitative estimate of drug-likeness (QED) is 0.537. The van der Waals surface area contributed by atoms with Crippen molar-refractivity contribution >= 4 is 38.8 Å². The molecule has 33 heavy (non-hydrogen) atoms. The van der Waals surface area contributed by atoms with E-state index in [0.29, 0.717) is 24.3 Å². The Hall–Kier alpha value is -2.68. The van der Waals surface area contributed by atoms with Gasteiger partial charge < -0.3 is 9.80 Å². The predicted octanol–water partition coefficient (Wildman–Crippen LogP) is 3.43. The summed E-state index contributed by atoms with van der Waals surface area (Å²) in [6.07, 6.45) is 5.32. The molecule has 174 valence electrons. The zero-order chi connectivity index (χ0) is 23.5. The number of hydrogen-bond donors (Lipinski definition) is 0. The Morgan fingerprint density at radius 1 is 1.15 bits per heavy atom. The lowest BCUT2D eigenvalue weighted by atomic mass is 9.90. The fourth-order valence-electron chi connectivity index (χ4n) is 5.10. The molecule has 0 saturated carbocycles. The van der Waals surface area contributed by atoms with Crippen molar-refractivity contribution in [1.29, 1.82) is 0 Å². The van der Waals surface area contributed by atoms with Crippen LogP contribution in [-0.2, 0) is 13.6 Å². The number of aromatic nitrogens is 4. The van der Waals surface area contributed by atoms with E-state index in [1.54, 1.807) is 24.0 Å². The van der Waals surface area contributed by atoms with Gasteiger partial charge in [-0.05, 0) is 52.4 Å². The van der Waals surface area contributed by atoms with Gasteiger partial charge in [0.2, 0.25) is 0 Å². The highest BCUT2D eigenvalue weighted by molar-refractivity contribution is 9.10. The van der Waals surface area contributed by atoms with Crippen molar-refractivity contribution in [2.45, 2.75) is 52.2 Å². The second kappa shape index (κ2) is 7.97. The molecule has 0 spiro atoms. The number of piperazine rings is 1. The van der Waals surface area contributed by atoms with Gasteiger partial charge in [-0.15, -0.1) is 0 Å². The molecule has 6 heterocycles. The zero-order valence-corrected chi connectivity index (χ0v) is 21.0. The number of rotatable bonds is 3. The van der Waals surface area contributed by atoms with Gasteiger partial charge in [-0.25, -0.2) is 9.78 Å². The van der Waals surface area contributed by atoms with Crippen LogP contribution in [-0.4, -0.2) is 55.1 Å². The maximum absolute atomic E-state index is 13.1. The molecule has 0 N–H and O–H groups in total. The number of fused-ring (bicyclic) bond motifs is 4. The number of amides is 1. The van der Waals surface area contributed by atoms with Crippen molar-refractivity contribution in [3.8, 4) is 0 Å². The van der Waals surface area contributed by atoms with Crippen LogP contribution in [0.3, 0.4) is 0 Å². The minimum absolute atomic E-state index is 0.0113. The van der Waals surface area contributed by atoms with Gasteiger partial charge in [0.1, 0.15) is 5.82 Å². The third kappa shape index (κ3) is 3.96. The Morgan fingerprint density at radius 2 is 1.91 bits per heavy atom. The molecule has 2 unspecified atom stereocenters. The molecule has 3 aliphatic rings. The number of carbonyl (C=O) groups is 1. The summed E-state index contributed by atoms with van der Waals surface area (Å²) in [5.41, 5.74) is 2.13. The normalized spacial score (nSPS) is 20.6. The monoisotopic (exact) mass is 512 g/mol. The van der Waals surface area contributed by atoms with Gasteiger partial charge in [0.25, 0.3) is 5.91 Å². The number of carbonyl (C=O) groups excluding carboxylic acids is 1. The van der Waals surface area contributed by atoms with E-state index in [4.69, 9.17) is 4.98 Å².